The maximum absolute atomic E-state index is 11.7. The van der Waals surface area contributed by atoms with Crippen molar-refractivity contribution in [1.29, 1.82) is 0 Å². The van der Waals surface area contributed by atoms with Gasteiger partial charge < -0.3 is 25.5 Å². The lowest BCUT2D eigenvalue weighted by Gasteiger charge is -2.34. The van der Waals surface area contributed by atoms with Gasteiger partial charge in [0.25, 0.3) is 0 Å². The second-order valence-electron chi connectivity index (χ2n) is 4.65. The molecule has 0 aromatic heterocycles. The zero-order chi connectivity index (χ0) is 13.7. The molecular formula is C11H20N2O5. The summed E-state index contributed by atoms with van der Waals surface area (Å²) in [6.45, 7) is 2.95. The molecule has 1 aliphatic heterocycles. The van der Waals surface area contributed by atoms with E-state index < -0.39 is 12.1 Å². The van der Waals surface area contributed by atoms with Crippen molar-refractivity contribution < 1.29 is 24.9 Å². The van der Waals surface area contributed by atoms with E-state index in [1.54, 1.807) is 4.90 Å². The van der Waals surface area contributed by atoms with Crippen LogP contribution in [-0.4, -0.2) is 64.1 Å². The number of nitrogens with zero attached hydrogens (tertiary/aromatic N) is 1. The third-order valence-electron chi connectivity index (χ3n) is 3.13. The SMILES string of the molecule is CC1CN(C(=O)NCCC(O)C(=O)O)CCC1O. The summed E-state index contributed by atoms with van der Waals surface area (Å²) in [5, 5.41) is 29.6. The van der Waals surface area contributed by atoms with Gasteiger partial charge >= 0.3 is 12.0 Å². The van der Waals surface area contributed by atoms with Crippen LogP contribution < -0.4 is 5.32 Å². The number of rotatable bonds is 4. The topological polar surface area (TPSA) is 110 Å². The van der Waals surface area contributed by atoms with E-state index in [1.165, 1.54) is 0 Å². The molecule has 0 aromatic carbocycles. The Morgan fingerprint density at radius 1 is 1.50 bits per heavy atom. The molecule has 1 heterocycles. The van der Waals surface area contributed by atoms with Crippen LogP contribution in [0.3, 0.4) is 0 Å². The minimum Gasteiger partial charge on any atom is -0.479 e. The van der Waals surface area contributed by atoms with E-state index in [0.29, 0.717) is 19.5 Å². The van der Waals surface area contributed by atoms with Gasteiger partial charge in [-0.15, -0.1) is 0 Å². The van der Waals surface area contributed by atoms with Crippen LogP contribution in [0.2, 0.25) is 0 Å². The number of nitrogens with one attached hydrogen (secondary N) is 1. The molecule has 104 valence electrons. The second kappa shape index (κ2) is 6.55. The third kappa shape index (κ3) is 4.15. The summed E-state index contributed by atoms with van der Waals surface area (Å²) in [7, 11) is 0. The second-order valence-corrected chi connectivity index (χ2v) is 4.65. The van der Waals surface area contributed by atoms with Gasteiger partial charge in [-0.25, -0.2) is 9.59 Å². The standard InChI is InChI=1S/C11H20N2O5/c1-7-6-13(5-3-8(7)14)11(18)12-4-2-9(15)10(16)17/h7-9,14-15H,2-6H2,1H3,(H,12,18)(H,16,17). The van der Waals surface area contributed by atoms with Crippen molar-refractivity contribution in [2.24, 2.45) is 5.92 Å². The molecule has 0 spiro atoms. The lowest BCUT2D eigenvalue weighted by Crippen LogP contribution is -2.49. The molecule has 1 rings (SSSR count). The normalized spacial score (nSPS) is 25.6. The summed E-state index contributed by atoms with van der Waals surface area (Å²) < 4.78 is 0. The first kappa shape index (κ1) is 14.7. The molecule has 0 bridgehead atoms. The molecule has 1 fully saturated rings. The van der Waals surface area contributed by atoms with Crippen LogP contribution in [0.5, 0.6) is 0 Å². The van der Waals surface area contributed by atoms with Gasteiger partial charge in [0.2, 0.25) is 0 Å². The molecule has 1 aliphatic rings. The van der Waals surface area contributed by atoms with E-state index >= 15 is 0 Å². The molecular weight excluding hydrogens is 240 g/mol. The highest BCUT2D eigenvalue weighted by Crippen LogP contribution is 2.16. The molecule has 0 aromatic rings. The van der Waals surface area contributed by atoms with Gasteiger partial charge in [0.05, 0.1) is 6.10 Å². The molecule has 2 amide bonds. The van der Waals surface area contributed by atoms with Crippen LogP contribution in [0.15, 0.2) is 0 Å². The van der Waals surface area contributed by atoms with Crippen LogP contribution in [0, 0.1) is 5.92 Å². The molecule has 0 radical (unpaired) electrons. The summed E-state index contributed by atoms with van der Waals surface area (Å²) in [6, 6.07) is -0.286. The molecule has 0 saturated carbocycles. The first-order chi connectivity index (χ1) is 8.41. The quantitative estimate of drug-likeness (QED) is 0.531. The number of hydrogen-bond donors (Lipinski definition) is 4. The number of piperidine rings is 1. The number of carboxylic acid groups (broad SMARTS) is 1. The van der Waals surface area contributed by atoms with Crippen LogP contribution in [0.4, 0.5) is 4.79 Å². The maximum Gasteiger partial charge on any atom is 0.332 e. The van der Waals surface area contributed by atoms with E-state index in [9.17, 15) is 14.7 Å². The summed E-state index contributed by atoms with van der Waals surface area (Å²) >= 11 is 0. The average molecular weight is 260 g/mol. The van der Waals surface area contributed by atoms with Gasteiger partial charge in [-0.3, -0.25) is 0 Å². The maximum atomic E-state index is 11.7. The lowest BCUT2D eigenvalue weighted by molar-refractivity contribution is -0.146. The summed E-state index contributed by atoms with van der Waals surface area (Å²) in [5.41, 5.74) is 0. The zero-order valence-corrected chi connectivity index (χ0v) is 10.4. The van der Waals surface area contributed by atoms with Crippen molar-refractivity contribution in [1.82, 2.24) is 10.2 Å². The van der Waals surface area contributed by atoms with Crippen molar-refractivity contribution in [3.05, 3.63) is 0 Å². The van der Waals surface area contributed by atoms with Crippen LogP contribution in [0.1, 0.15) is 19.8 Å². The van der Waals surface area contributed by atoms with Crippen molar-refractivity contribution in [2.45, 2.75) is 32.0 Å². The lowest BCUT2D eigenvalue weighted by atomic mass is 9.97. The summed E-state index contributed by atoms with van der Waals surface area (Å²) in [5.74, 6) is -1.26. The van der Waals surface area contributed by atoms with Gasteiger partial charge in [0.1, 0.15) is 0 Å². The third-order valence-corrected chi connectivity index (χ3v) is 3.13. The minimum atomic E-state index is -1.45. The monoisotopic (exact) mass is 260 g/mol. The Hall–Kier alpha value is -1.34. The van der Waals surface area contributed by atoms with E-state index in [4.69, 9.17) is 10.2 Å². The molecule has 1 saturated heterocycles. The molecule has 0 aliphatic carbocycles. The van der Waals surface area contributed by atoms with Crippen molar-refractivity contribution >= 4 is 12.0 Å². The van der Waals surface area contributed by atoms with Crippen LogP contribution in [0.25, 0.3) is 0 Å². The number of aliphatic hydroxyl groups excluding tert-OH is 2. The highest BCUT2D eigenvalue weighted by atomic mass is 16.4. The smallest absolute Gasteiger partial charge is 0.332 e. The number of carboxylic acids is 1. The average Bonchev–Trinajstić information content (AvgIpc) is 2.32. The Bertz CT molecular complexity index is 310. The Balaban J connectivity index is 2.27. The number of carbonyl (C=O) groups is 2. The summed E-state index contributed by atoms with van der Waals surface area (Å²) in [6.07, 6.45) is -1.30. The summed E-state index contributed by atoms with van der Waals surface area (Å²) in [4.78, 5) is 23.6. The first-order valence-corrected chi connectivity index (χ1v) is 6.03. The van der Waals surface area contributed by atoms with Crippen LogP contribution >= 0.6 is 0 Å². The predicted octanol–water partition coefficient (Wildman–Crippen LogP) is -0.766. The van der Waals surface area contributed by atoms with E-state index in [2.05, 4.69) is 5.32 Å². The van der Waals surface area contributed by atoms with Crippen molar-refractivity contribution in [3.8, 4) is 0 Å². The predicted molar refractivity (Wildman–Crippen MR) is 63.0 cm³/mol. The first-order valence-electron chi connectivity index (χ1n) is 6.03. The molecule has 7 nitrogen and oxygen atoms in total. The fourth-order valence-electron chi connectivity index (χ4n) is 1.87. The highest BCUT2D eigenvalue weighted by Gasteiger charge is 2.27. The van der Waals surface area contributed by atoms with E-state index in [0.717, 1.165) is 0 Å². The van der Waals surface area contributed by atoms with Crippen LogP contribution in [-0.2, 0) is 4.79 Å². The molecule has 3 unspecified atom stereocenters. The number of aliphatic hydroxyl groups is 2. The highest BCUT2D eigenvalue weighted by molar-refractivity contribution is 5.74. The number of aliphatic carboxylic acids is 1. The van der Waals surface area contributed by atoms with E-state index in [-0.39, 0.29) is 31.0 Å². The van der Waals surface area contributed by atoms with Gasteiger partial charge in [-0.05, 0) is 12.3 Å². The minimum absolute atomic E-state index is 0.0207. The van der Waals surface area contributed by atoms with Crippen molar-refractivity contribution in [2.75, 3.05) is 19.6 Å². The van der Waals surface area contributed by atoms with Gasteiger partial charge in [0.15, 0.2) is 6.10 Å². The van der Waals surface area contributed by atoms with Gasteiger partial charge in [0, 0.05) is 26.1 Å². The van der Waals surface area contributed by atoms with Gasteiger partial charge in [-0.1, -0.05) is 6.92 Å². The number of amides is 2. The molecule has 7 heteroatoms. The zero-order valence-electron chi connectivity index (χ0n) is 10.4. The number of urea groups is 1. The van der Waals surface area contributed by atoms with Gasteiger partial charge in [-0.2, -0.15) is 0 Å². The number of likely N-dealkylation sites (tertiary alicyclic amines) is 1. The molecule has 18 heavy (non-hydrogen) atoms. The number of hydrogen-bond acceptors (Lipinski definition) is 4. The Morgan fingerprint density at radius 3 is 2.72 bits per heavy atom. The molecule has 3 atom stereocenters. The Morgan fingerprint density at radius 2 is 2.17 bits per heavy atom. The molecule has 4 N–H and O–H groups in total. The van der Waals surface area contributed by atoms with Crippen molar-refractivity contribution in [3.63, 3.8) is 0 Å². The fourth-order valence-corrected chi connectivity index (χ4v) is 1.87. The Labute approximate surface area is 105 Å². The largest absolute Gasteiger partial charge is 0.479 e. The van der Waals surface area contributed by atoms with E-state index in [1.807, 2.05) is 6.92 Å². The fraction of sp³-hybridized carbons (Fsp3) is 0.818. The Kier molecular flexibility index (Phi) is 5.36. The number of carbonyl (C=O) groups excluding carboxylic acids is 1.